The molecule has 4 nitrogen and oxygen atoms in total. The Bertz CT molecular complexity index is 1000. The average Bonchev–Trinajstić information content (AvgIpc) is 2.91. The third-order valence-electron chi connectivity index (χ3n) is 4.25. The van der Waals surface area contributed by atoms with Gasteiger partial charge in [-0.1, -0.05) is 24.3 Å². The van der Waals surface area contributed by atoms with Crippen LogP contribution in [0, 0.1) is 6.92 Å². The summed E-state index contributed by atoms with van der Waals surface area (Å²) in [7, 11) is -0.565. The molecule has 0 bridgehead atoms. The van der Waals surface area contributed by atoms with E-state index in [9.17, 15) is 13.5 Å². The van der Waals surface area contributed by atoms with Gasteiger partial charge in [-0.2, -0.15) is 0 Å². The molecule has 1 aromatic heterocycles. The minimum absolute atomic E-state index is 0.0467. The summed E-state index contributed by atoms with van der Waals surface area (Å²) >= 11 is 0. The van der Waals surface area contributed by atoms with E-state index < -0.39 is 9.84 Å². The Morgan fingerprint density at radius 3 is 2.16 bits per heavy atom. The molecule has 3 aromatic rings. The maximum atomic E-state index is 11.7. The molecule has 3 rings (SSSR count). The molecule has 0 spiro atoms. The van der Waals surface area contributed by atoms with Crippen molar-refractivity contribution in [2.75, 3.05) is 6.26 Å². The van der Waals surface area contributed by atoms with E-state index >= 15 is 0 Å². The molecule has 0 aliphatic rings. The Morgan fingerprint density at radius 1 is 1.04 bits per heavy atom. The van der Waals surface area contributed by atoms with Gasteiger partial charge in [0.1, 0.15) is 0 Å². The molecular weight excluding hydrogens is 353 g/mol. The first-order valence-corrected chi connectivity index (χ1v) is 10.3. The highest BCUT2D eigenvalue weighted by Crippen LogP contribution is 2.30. The fraction of sp³-hybridized carbons (Fsp3) is 0.158. The molecule has 0 amide bonds. The standard InChI is InChI=1S/C19H20NO3PS/c1-13-15(12-21)11-19(20(13)16-5-7-17(24)8-6-16)14-3-9-18(10-4-14)25(2,22)23/h3-11,21H,12,24H2,1-2H3. The van der Waals surface area contributed by atoms with Crippen LogP contribution in [0.1, 0.15) is 11.3 Å². The zero-order valence-corrected chi connectivity index (χ0v) is 16.1. The van der Waals surface area contributed by atoms with Crippen molar-refractivity contribution in [1.82, 2.24) is 4.57 Å². The van der Waals surface area contributed by atoms with Crippen LogP contribution >= 0.6 is 9.24 Å². The normalized spacial score (nSPS) is 11.7. The van der Waals surface area contributed by atoms with Crippen LogP contribution in [0.4, 0.5) is 0 Å². The first-order chi connectivity index (χ1) is 11.8. The molecule has 0 radical (unpaired) electrons. The van der Waals surface area contributed by atoms with Gasteiger partial charge in [0, 0.05) is 17.6 Å². The lowest BCUT2D eigenvalue weighted by Crippen LogP contribution is -2.02. The SMILES string of the molecule is Cc1c(CO)cc(-c2ccc(S(C)(=O)=O)cc2)n1-c1ccc(P)cc1. The smallest absolute Gasteiger partial charge is 0.175 e. The second-order valence-electron chi connectivity index (χ2n) is 6.02. The topological polar surface area (TPSA) is 59.3 Å². The van der Waals surface area contributed by atoms with Crippen molar-refractivity contribution in [3.05, 3.63) is 65.9 Å². The fourth-order valence-corrected chi connectivity index (χ4v) is 3.68. The molecule has 1 heterocycles. The first kappa shape index (κ1) is 17.9. The number of hydrogen-bond acceptors (Lipinski definition) is 3. The number of hydrogen-bond donors (Lipinski definition) is 1. The van der Waals surface area contributed by atoms with Crippen molar-refractivity contribution < 1.29 is 13.5 Å². The van der Waals surface area contributed by atoms with Crippen molar-refractivity contribution in [2.45, 2.75) is 18.4 Å². The van der Waals surface area contributed by atoms with Crippen LogP contribution in [-0.4, -0.2) is 24.3 Å². The second kappa shape index (κ2) is 6.75. The number of benzene rings is 2. The Morgan fingerprint density at radius 2 is 1.64 bits per heavy atom. The zero-order chi connectivity index (χ0) is 18.2. The van der Waals surface area contributed by atoms with Gasteiger partial charge >= 0.3 is 0 Å². The molecule has 25 heavy (non-hydrogen) atoms. The van der Waals surface area contributed by atoms with Gasteiger partial charge in [0.05, 0.1) is 17.2 Å². The van der Waals surface area contributed by atoms with E-state index in [-0.39, 0.29) is 6.61 Å². The lowest BCUT2D eigenvalue weighted by Gasteiger charge is -2.13. The molecule has 0 aliphatic carbocycles. The van der Waals surface area contributed by atoms with E-state index in [0.717, 1.165) is 33.5 Å². The summed E-state index contributed by atoms with van der Waals surface area (Å²) in [6.45, 7) is 1.92. The minimum atomic E-state index is -3.23. The largest absolute Gasteiger partial charge is 0.392 e. The Kier molecular flexibility index (Phi) is 4.83. The predicted octanol–water partition coefficient (Wildman–Crippen LogP) is 2.85. The molecule has 6 heteroatoms. The molecule has 0 aliphatic heterocycles. The summed E-state index contributed by atoms with van der Waals surface area (Å²) in [4.78, 5) is 0.292. The molecule has 0 fully saturated rings. The van der Waals surface area contributed by atoms with Gasteiger partial charge in [-0.3, -0.25) is 0 Å². The summed E-state index contributed by atoms with van der Waals surface area (Å²) in [5, 5.41) is 10.7. The maximum Gasteiger partial charge on any atom is 0.175 e. The van der Waals surface area contributed by atoms with Crippen LogP contribution in [0.3, 0.4) is 0 Å². The Balaban J connectivity index is 2.17. The van der Waals surface area contributed by atoms with Crippen LogP contribution in [0.2, 0.25) is 0 Å². The highest BCUT2D eigenvalue weighted by Gasteiger charge is 2.15. The number of sulfone groups is 1. The summed E-state index contributed by atoms with van der Waals surface area (Å²) < 4.78 is 25.4. The number of nitrogens with zero attached hydrogens (tertiary/aromatic N) is 1. The monoisotopic (exact) mass is 373 g/mol. The number of rotatable bonds is 4. The van der Waals surface area contributed by atoms with Crippen molar-refractivity contribution in [3.63, 3.8) is 0 Å². The Hall–Kier alpha value is -1.94. The molecule has 2 aromatic carbocycles. The van der Waals surface area contributed by atoms with Gasteiger partial charge in [0.2, 0.25) is 0 Å². The van der Waals surface area contributed by atoms with Gasteiger partial charge in [-0.05, 0) is 53.7 Å². The molecule has 0 saturated heterocycles. The zero-order valence-electron chi connectivity index (χ0n) is 14.1. The first-order valence-electron chi connectivity index (χ1n) is 7.80. The highest BCUT2D eigenvalue weighted by molar-refractivity contribution is 7.90. The summed E-state index contributed by atoms with van der Waals surface area (Å²) in [5.41, 5.74) is 4.60. The third-order valence-corrected chi connectivity index (χ3v) is 5.77. The predicted molar refractivity (Wildman–Crippen MR) is 104 cm³/mol. The van der Waals surface area contributed by atoms with Gasteiger partial charge < -0.3 is 9.67 Å². The minimum Gasteiger partial charge on any atom is -0.392 e. The summed E-state index contributed by atoms with van der Waals surface area (Å²) in [5.74, 6) is 0. The molecule has 1 unspecified atom stereocenters. The van der Waals surface area contributed by atoms with E-state index in [1.165, 1.54) is 6.26 Å². The van der Waals surface area contributed by atoms with E-state index in [1.54, 1.807) is 24.3 Å². The van der Waals surface area contributed by atoms with Crippen LogP contribution in [-0.2, 0) is 16.4 Å². The second-order valence-corrected chi connectivity index (χ2v) is 8.70. The van der Waals surface area contributed by atoms with Crippen molar-refractivity contribution in [2.24, 2.45) is 0 Å². The molecule has 130 valence electrons. The number of aromatic nitrogens is 1. The molecular formula is C19H20NO3PS. The van der Waals surface area contributed by atoms with Crippen LogP contribution < -0.4 is 5.30 Å². The number of aliphatic hydroxyl groups excluding tert-OH is 1. The highest BCUT2D eigenvalue weighted by atomic mass is 32.2. The van der Waals surface area contributed by atoms with Gasteiger partial charge in [-0.15, -0.1) is 9.24 Å². The lowest BCUT2D eigenvalue weighted by atomic mass is 10.1. The van der Waals surface area contributed by atoms with Crippen LogP contribution in [0.15, 0.2) is 59.5 Å². The van der Waals surface area contributed by atoms with E-state index in [2.05, 4.69) is 13.8 Å². The molecule has 0 saturated carbocycles. The van der Waals surface area contributed by atoms with Gasteiger partial charge in [-0.25, -0.2) is 8.42 Å². The van der Waals surface area contributed by atoms with Crippen LogP contribution in [0.5, 0.6) is 0 Å². The van der Waals surface area contributed by atoms with Crippen molar-refractivity contribution >= 4 is 24.4 Å². The average molecular weight is 373 g/mol. The maximum absolute atomic E-state index is 11.7. The van der Waals surface area contributed by atoms with Gasteiger partial charge in [0.25, 0.3) is 0 Å². The lowest BCUT2D eigenvalue weighted by molar-refractivity contribution is 0.281. The molecule has 1 N–H and O–H groups in total. The van der Waals surface area contributed by atoms with E-state index in [0.29, 0.717) is 4.90 Å². The van der Waals surface area contributed by atoms with Crippen LogP contribution in [0.25, 0.3) is 16.9 Å². The summed E-state index contributed by atoms with van der Waals surface area (Å²) in [6.07, 6.45) is 1.20. The fourth-order valence-electron chi connectivity index (χ4n) is 2.86. The van der Waals surface area contributed by atoms with Crippen molar-refractivity contribution in [3.8, 4) is 16.9 Å². The third kappa shape index (κ3) is 3.54. The quantitative estimate of drug-likeness (QED) is 0.716. The van der Waals surface area contributed by atoms with Gasteiger partial charge in [0.15, 0.2) is 9.84 Å². The molecule has 1 atom stereocenters. The van der Waals surface area contributed by atoms with E-state index in [1.807, 2.05) is 37.3 Å². The summed E-state index contributed by atoms with van der Waals surface area (Å²) in [6, 6.07) is 16.8. The van der Waals surface area contributed by atoms with Crippen molar-refractivity contribution in [1.29, 1.82) is 0 Å². The van der Waals surface area contributed by atoms with E-state index in [4.69, 9.17) is 0 Å². The number of aliphatic hydroxyl groups is 1. The Labute approximate surface area is 150 Å².